The third-order valence-corrected chi connectivity index (χ3v) is 3.53. The zero-order chi connectivity index (χ0) is 10.3. The SMILES string of the molecule is FC(F)c1csc2c(Cl)cc(Cl)cc12. The summed E-state index contributed by atoms with van der Waals surface area (Å²) in [5, 5.41) is 2.66. The molecule has 5 heteroatoms. The summed E-state index contributed by atoms with van der Waals surface area (Å²) in [5.41, 5.74) is -0.00519. The molecule has 0 N–H and O–H groups in total. The van der Waals surface area contributed by atoms with Crippen LogP contribution in [0.15, 0.2) is 17.5 Å². The van der Waals surface area contributed by atoms with Crippen molar-refractivity contribution < 1.29 is 8.78 Å². The normalized spacial score (nSPS) is 11.5. The minimum absolute atomic E-state index is 0.00519. The van der Waals surface area contributed by atoms with Crippen molar-refractivity contribution in [2.75, 3.05) is 0 Å². The van der Waals surface area contributed by atoms with E-state index in [4.69, 9.17) is 23.2 Å². The fraction of sp³-hybridized carbons (Fsp3) is 0.111. The van der Waals surface area contributed by atoms with E-state index in [2.05, 4.69) is 0 Å². The van der Waals surface area contributed by atoms with Gasteiger partial charge in [-0.1, -0.05) is 23.2 Å². The van der Waals surface area contributed by atoms with E-state index in [1.165, 1.54) is 22.8 Å². The van der Waals surface area contributed by atoms with Crippen LogP contribution in [0.3, 0.4) is 0 Å². The van der Waals surface area contributed by atoms with E-state index in [0.29, 0.717) is 20.1 Å². The molecule has 0 amide bonds. The standard InChI is InChI=1S/C9H4Cl2F2S/c10-4-1-5-6(9(12)13)3-14-8(5)7(11)2-4/h1-3,9H. The zero-order valence-electron chi connectivity index (χ0n) is 6.73. The van der Waals surface area contributed by atoms with E-state index < -0.39 is 6.43 Å². The third kappa shape index (κ3) is 1.60. The Morgan fingerprint density at radius 2 is 1.93 bits per heavy atom. The molecular weight excluding hydrogens is 249 g/mol. The molecule has 0 saturated carbocycles. The quantitative estimate of drug-likeness (QED) is 0.659. The Labute approximate surface area is 93.1 Å². The molecule has 1 aromatic carbocycles. The van der Waals surface area contributed by atoms with Gasteiger partial charge in [-0.2, -0.15) is 0 Å². The first kappa shape index (κ1) is 10.1. The molecule has 0 saturated heterocycles. The van der Waals surface area contributed by atoms with Crippen LogP contribution in [-0.4, -0.2) is 0 Å². The van der Waals surface area contributed by atoms with E-state index in [0.717, 1.165) is 0 Å². The summed E-state index contributed by atoms with van der Waals surface area (Å²) >= 11 is 12.8. The van der Waals surface area contributed by atoms with Crippen LogP contribution in [0.2, 0.25) is 10.0 Å². The molecule has 0 nitrogen and oxygen atoms in total. The largest absolute Gasteiger partial charge is 0.265 e. The lowest BCUT2D eigenvalue weighted by Gasteiger charge is -1.99. The van der Waals surface area contributed by atoms with Gasteiger partial charge in [-0.05, 0) is 12.1 Å². The first-order valence-electron chi connectivity index (χ1n) is 3.74. The number of alkyl halides is 2. The Morgan fingerprint density at radius 1 is 1.21 bits per heavy atom. The molecule has 74 valence electrons. The number of rotatable bonds is 1. The smallest absolute Gasteiger partial charge is 0.205 e. The maximum atomic E-state index is 12.5. The predicted molar refractivity (Wildman–Crippen MR) is 56.8 cm³/mol. The second-order valence-electron chi connectivity index (χ2n) is 2.76. The highest BCUT2D eigenvalue weighted by atomic mass is 35.5. The fourth-order valence-corrected chi connectivity index (χ4v) is 2.83. The molecule has 0 aliphatic heterocycles. The van der Waals surface area contributed by atoms with Crippen LogP contribution in [0, 0.1) is 0 Å². The van der Waals surface area contributed by atoms with E-state index in [-0.39, 0.29) is 5.56 Å². The Kier molecular flexibility index (Phi) is 2.64. The van der Waals surface area contributed by atoms with Crippen molar-refractivity contribution in [3.05, 3.63) is 33.1 Å². The molecule has 0 aliphatic carbocycles. The van der Waals surface area contributed by atoms with Gasteiger partial charge >= 0.3 is 0 Å². The first-order valence-corrected chi connectivity index (χ1v) is 5.37. The molecule has 0 aliphatic rings. The van der Waals surface area contributed by atoms with Crippen LogP contribution in [0.5, 0.6) is 0 Å². The van der Waals surface area contributed by atoms with Gasteiger partial charge in [0.1, 0.15) is 0 Å². The van der Waals surface area contributed by atoms with Crippen LogP contribution in [0.4, 0.5) is 8.78 Å². The monoisotopic (exact) mass is 252 g/mol. The second-order valence-corrected chi connectivity index (χ2v) is 4.48. The number of thiophene rings is 1. The van der Waals surface area contributed by atoms with Crippen molar-refractivity contribution in [1.82, 2.24) is 0 Å². The van der Waals surface area contributed by atoms with Crippen LogP contribution >= 0.6 is 34.5 Å². The summed E-state index contributed by atoms with van der Waals surface area (Å²) in [6.07, 6.45) is -2.49. The number of fused-ring (bicyclic) bond motifs is 1. The highest BCUT2D eigenvalue weighted by Gasteiger charge is 2.15. The molecule has 0 radical (unpaired) electrons. The highest BCUT2D eigenvalue weighted by Crippen LogP contribution is 2.38. The molecule has 0 unspecified atom stereocenters. The average molecular weight is 253 g/mol. The first-order chi connectivity index (χ1) is 6.59. The lowest BCUT2D eigenvalue weighted by atomic mass is 10.2. The van der Waals surface area contributed by atoms with Crippen molar-refractivity contribution in [3.63, 3.8) is 0 Å². The van der Waals surface area contributed by atoms with Crippen molar-refractivity contribution in [2.24, 2.45) is 0 Å². The predicted octanol–water partition coefficient (Wildman–Crippen LogP) is 5.15. The molecule has 0 spiro atoms. The maximum absolute atomic E-state index is 12.5. The van der Waals surface area contributed by atoms with Gasteiger partial charge in [-0.15, -0.1) is 11.3 Å². The van der Waals surface area contributed by atoms with Crippen LogP contribution in [0.25, 0.3) is 10.1 Å². The van der Waals surface area contributed by atoms with Crippen molar-refractivity contribution in [3.8, 4) is 0 Å². The van der Waals surface area contributed by atoms with E-state index >= 15 is 0 Å². The highest BCUT2D eigenvalue weighted by molar-refractivity contribution is 7.18. The minimum Gasteiger partial charge on any atom is -0.205 e. The van der Waals surface area contributed by atoms with Crippen molar-refractivity contribution in [1.29, 1.82) is 0 Å². The number of halogens is 4. The lowest BCUT2D eigenvalue weighted by Crippen LogP contribution is -1.80. The Morgan fingerprint density at radius 3 is 2.57 bits per heavy atom. The number of benzene rings is 1. The van der Waals surface area contributed by atoms with Gasteiger partial charge in [-0.3, -0.25) is 0 Å². The topological polar surface area (TPSA) is 0 Å². The van der Waals surface area contributed by atoms with Crippen molar-refractivity contribution in [2.45, 2.75) is 6.43 Å². The molecule has 2 rings (SSSR count). The molecule has 1 aromatic heterocycles. The molecular formula is C9H4Cl2F2S. The minimum atomic E-state index is -2.49. The number of hydrogen-bond acceptors (Lipinski definition) is 1. The summed E-state index contributed by atoms with van der Waals surface area (Å²) < 4.78 is 25.7. The summed E-state index contributed by atoms with van der Waals surface area (Å²) in [7, 11) is 0. The van der Waals surface area contributed by atoms with Gasteiger partial charge in [0, 0.05) is 21.4 Å². The second kappa shape index (κ2) is 3.65. The molecule has 0 atom stereocenters. The molecule has 0 bridgehead atoms. The zero-order valence-corrected chi connectivity index (χ0v) is 9.06. The summed E-state index contributed by atoms with van der Waals surface area (Å²) in [6.45, 7) is 0. The Balaban J connectivity index is 2.78. The molecule has 1 heterocycles. The summed E-state index contributed by atoms with van der Waals surface area (Å²) in [4.78, 5) is 0. The fourth-order valence-electron chi connectivity index (χ4n) is 1.25. The molecule has 0 fully saturated rings. The molecule has 14 heavy (non-hydrogen) atoms. The van der Waals surface area contributed by atoms with Crippen LogP contribution in [-0.2, 0) is 0 Å². The average Bonchev–Trinajstić information content (AvgIpc) is 2.47. The van der Waals surface area contributed by atoms with Gasteiger partial charge in [0.15, 0.2) is 0 Å². The van der Waals surface area contributed by atoms with Crippen molar-refractivity contribution >= 4 is 44.6 Å². The van der Waals surface area contributed by atoms with E-state index in [9.17, 15) is 8.78 Å². The summed E-state index contributed by atoms with van der Waals surface area (Å²) in [6, 6.07) is 3.07. The van der Waals surface area contributed by atoms with Crippen LogP contribution in [0.1, 0.15) is 12.0 Å². The van der Waals surface area contributed by atoms with Gasteiger partial charge in [0.2, 0.25) is 0 Å². The Bertz CT molecular complexity index is 479. The van der Waals surface area contributed by atoms with E-state index in [1.54, 1.807) is 6.07 Å². The third-order valence-electron chi connectivity index (χ3n) is 1.86. The van der Waals surface area contributed by atoms with Gasteiger partial charge in [0.05, 0.1) is 9.72 Å². The maximum Gasteiger partial charge on any atom is 0.265 e. The molecule has 2 aromatic rings. The van der Waals surface area contributed by atoms with E-state index in [1.807, 2.05) is 0 Å². The Hall–Kier alpha value is -0.380. The van der Waals surface area contributed by atoms with Gasteiger partial charge in [-0.25, -0.2) is 8.78 Å². The van der Waals surface area contributed by atoms with Gasteiger partial charge < -0.3 is 0 Å². The summed E-state index contributed by atoms with van der Waals surface area (Å²) in [5.74, 6) is 0. The lowest BCUT2D eigenvalue weighted by molar-refractivity contribution is 0.153. The van der Waals surface area contributed by atoms with Crippen LogP contribution < -0.4 is 0 Å². The van der Waals surface area contributed by atoms with Gasteiger partial charge in [0.25, 0.3) is 6.43 Å². The number of hydrogen-bond donors (Lipinski definition) is 0.